The van der Waals surface area contributed by atoms with E-state index in [1.807, 2.05) is 30.3 Å². The van der Waals surface area contributed by atoms with Gasteiger partial charge in [-0.25, -0.2) is 9.78 Å². The number of methoxy groups -OCH3 is 1. The summed E-state index contributed by atoms with van der Waals surface area (Å²) < 4.78 is 19.2. The van der Waals surface area contributed by atoms with Gasteiger partial charge in [0.25, 0.3) is 0 Å². The molecule has 2 aliphatic rings. The van der Waals surface area contributed by atoms with Gasteiger partial charge in [-0.3, -0.25) is 9.80 Å². The summed E-state index contributed by atoms with van der Waals surface area (Å²) in [7, 11) is 1.40. The van der Waals surface area contributed by atoms with Crippen LogP contribution in [0.15, 0.2) is 65.1 Å². The molecular weight excluding hydrogens is 587 g/mol. The lowest BCUT2D eigenvalue weighted by molar-refractivity contribution is -0.0592. The van der Waals surface area contributed by atoms with Crippen molar-refractivity contribution < 1.29 is 18.7 Å². The smallest absolute Gasteiger partial charge is 0.337 e. The second-order valence-corrected chi connectivity index (χ2v) is 12.1. The van der Waals surface area contributed by atoms with Gasteiger partial charge in [0, 0.05) is 53.8 Å². The predicted molar refractivity (Wildman–Crippen MR) is 168 cm³/mol. The molecule has 8 nitrogen and oxygen atoms in total. The highest BCUT2D eigenvalue weighted by Crippen LogP contribution is 2.33. The van der Waals surface area contributed by atoms with Crippen molar-refractivity contribution in [2.24, 2.45) is 0 Å². The van der Waals surface area contributed by atoms with Crippen LogP contribution in [0.3, 0.4) is 0 Å². The molecule has 2 aliphatic heterocycles. The molecule has 0 unspecified atom stereocenters. The molecule has 2 saturated heterocycles. The molecule has 0 radical (unpaired) electrons. The number of carbonyl (C=O) groups is 1. The molecule has 7 rings (SSSR count). The largest absolute Gasteiger partial charge is 0.465 e. The Morgan fingerprint density at radius 3 is 2.49 bits per heavy atom. The summed E-state index contributed by atoms with van der Waals surface area (Å²) in [5.74, 6) is 1.60. The quantitative estimate of drug-likeness (QED) is 0.180. The van der Waals surface area contributed by atoms with Gasteiger partial charge in [0.1, 0.15) is 17.2 Å². The lowest BCUT2D eigenvalue weighted by atomic mass is 10.0. The van der Waals surface area contributed by atoms with E-state index in [0.717, 1.165) is 104 Å². The number of fused-ring (bicyclic) bond motifs is 2. The highest BCUT2D eigenvalue weighted by Gasteiger charge is 2.25. The van der Waals surface area contributed by atoms with Crippen LogP contribution in [-0.2, 0) is 29.1 Å². The Hall–Kier alpha value is -3.40. The van der Waals surface area contributed by atoms with Crippen molar-refractivity contribution in [1.82, 2.24) is 19.4 Å². The topological polar surface area (TPSA) is 73.0 Å². The first-order valence-corrected chi connectivity index (χ1v) is 15.3. The van der Waals surface area contributed by atoms with Gasteiger partial charge < -0.3 is 18.5 Å². The third-order valence-corrected chi connectivity index (χ3v) is 9.00. The van der Waals surface area contributed by atoms with Crippen LogP contribution in [-0.4, -0.2) is 71.3 Å². The summed E-state index contributed by atoms with van der Waals surface area (Å²) in [4.78, 5) is 22.0. The van der Waals surface area contributed by atoms with Gasteiger partial charge in [-0.2, -0.15) is 0 Å². The number of imidazole rings is 1. The van der Waals surface area contributed by atoms with Gasteiger partial charge in [-0.15, -0.1) is 0 Å². The lowest BCUT2D eigenvalue weighted by Gasteiger charge is -2.34. The minimum Gasteiger partial charge on any atom is -0.465 e. The zero-order valence-corrected chi connectivity index (χ0v) is 25.4. The normalized spacial score (nSPS) is 17.9. The molecule has 0 saturated carbocycles. The van der Waals surface area contributed by atoms with Crippen molar-refractivity contribution in [3.8, 4) is 11.1 Å². The Balaban J connectivity index is 1.02. The van der Waals surface area contributed by atoms with Gasteiger partial charge in [-0.1, -0.05) is 41.4 Å². The molecule has 222 valence electrons. The van der Waals surface area contributed by atoms with Crippen molar-refractivity contribution in [2.45, 2.75) is 32.2 Å². The summed E-state index contributed by atoms with van der Waals surface area (Å²) in [5.41, 5.74) is 5.13. The molecule has 5 aromatic rings. The zero-order chi connectivity index (χ0) is 29.5. The number of hydrogen-bond donors (Lipinski definition) is 0. The van der Waals surface area contributed by atoms with E-state index in [0.29, 0.717) is 15.6 Å². The van der Waals surface area contributed by atoms with E-state index in [2.05, 4.69) is 32.6 Å². The Morgan fingerprint density at radius 1 is 0.977 bits per heavy atom. The van der Waals surface area contributed by atoms with Crippen molar-refractivity contribution in [1.29, 1.82) is 0 Å². The molecular formula is C33H32Cl2N4O4. The van der Waals surface area contributed by atoms with Crippen LogP contribution in [0.4, 0.5) is 0 Å². The molecule has 2 fully saturated rings. The standard InChI is InChI=1S/C33H32Cl2N4O4/c1-41-33(40)23-4-7-29-30(15-23)39(19-25-8-13-42-25)32(36-29)20-38-11-9-37(10-12-38)18-26-14-22-3-2-21(16-31(22)43-26)27-6-5-24(34)17-28(27)35/h2-7,14-17,25H,8-13,18-20H2,1H3/t25-/m0/s1. The zero-order valence-electron chi connectivity index (χ0n) is 23.9. The second kappa shape index (κ2) is 11.9. The number of carbonyl (C=O) groups excluding carboxylic acids is 1. The number of piperazine rings is 1. The van der Waals surface area contributed by atoms with Crippen molar-refractivity contribution in [2.75, 3.05) is 39.9 Å². The minimum absolute atomic E-state index is 0.179. The highest BCUT2D eigenvalue weighted by molar-refractivity contribution is 6.36. The van der Waals surface area contributed by atoms with E-state index >= 15 is 0 Å². The van der Waals surface area contributed by atoms with Crippen LogP contribution in [0.2, 0.25) is 10.0 Å². The van der Waals surface area contributed by atoms with Gasteiger partial charge in [0.05, 0.1) is 49.4 Å². The maximum Gasteiger partial charge on any atom is 0.337 e. The van der Waals surface area contributed by atoms with E-state index in [4.69, 9.17) is 42.1 Å². The van der Waals surface area contributed by atoms with Crippen LogP contribution in [0.5, 0.6) is 0 Å². The number of halogens is 2. The molecule has 3 aromatic carbocycles. The monoisotopic (exact) mass is 618 g/mol. The average Bonchev–Trinajstić information content (AvgIpc) is 3.54. The van der Waals surface area contributed by atoms with E-state index in [9.17, 15) is 4.79 Å². The van der Waals surface area contributed by atoms with Crippen LogP contribution in [0.25, 0.3) is 33.1 Å². The Labute approximate surface area is 259 Å². The summed E-state index contributed by atoms with van der Waals surface area (Å²) in [5, 5.41) is 2.31. The number of furan rings is 1. The fourth-order valence-corrected chi connectivity index (χ4v) is 6.47. The van der Waals surface area contributed by atoms with E-state index in [1.165, 1.54) is 7.11 Å². The SMILES string of the molecule is COC(=O)c1ccc2nc(CN3CCN(Cc4cc5ccc(-c6ccc(Cl)cc6Cl)cc5o4)CC3)n(C[C@@H]3CCO3)c2c1. The molecule has 2 aromatic heterocycles. The predicted octanol–water partition coefficient (Wildman–Crippen LogP) is 6.65. The van der Waals surface area contributed by atoms with E-state index in [-0.39, 0.29) is 12.1 Å². The van der Waals surface area contributed by atoms with Crippen molar-refractivity contribution in [3.05, 3.63) is 87.9 Å². The molecule has 1 atom stereocenters. The molecule has 0 N–H and O–H groups in total. The molecule has 0 spiro atoms. The molecule has 0 bridgehead atoms. The second-order valence-electron chi connectivity index (χ2n) is 11.3. The van der Waals surface area contributed by atoms with Crippen LogP contribution in [0, 0.1) is 0 Å². The van der Waals surface area contributed by atoms with E-state index in [1.54, 1.807) is 12.1 Å². The lowest BCUT2D eigenvalue weighted by Crippen LogP contribution is -2.45. The summed E-state index contributed by atoms with van der Waals surface area (Å²) in [6.07, 6.45) is 1.21. The van der Waals surface area contributed by atoms with Crippen LogP contribution >= 0.6 is 23.2 Å². The number of aromatic nitrogens is 2. The Morgan fingerprint density at radius 2 is 1.77 bits per heavy atom. The van der Waals surface area contributed by atoms with Gasteiger partial charge in [-0.05, 0) is 54.4 Å². The third kappa shape index (κ3) is 5.90. The van der Waals surface area contributed by atoms with Crippen molar-refractivity contribution >= 4 is 51.2 Å². The summed E-state index contributed by atoms with van der Waals surface area (Å²) in [6.45, 7) is 6.74. The maximum atomic E-state index is 12.2. The first-order chi connectivity index (χ1) is 20.9. The number of nitrogens with zero attached hydrogens (tertiary/aromatic N) is 4. The first kappa shape index (κ1) is 28.4. The van der Waals surface area contributed by atoms with Gasteiger partial charge in [0.15, 0.2) is 0 Å². The van der Waals surface area contributed by atoms with Gasteiger partial charge in [0.2, 0.25) is 0 Å². The third-order valence-electron chi connectivity index (χ3n) is 8.45. The molecule has 0 amide bonds. The number of hydrogen-bond acceptors (Lipinski definition) is 7. The average molecular weight is 620 g/mol. The Kier molecular flexibility index (Phi) is 7.88. The number of esters is 1. The molecule has 4 heterocycles. The summed E-state index contributed by atoms with van der Waals surface area (Å²) >= 11 is 12.5. The first-order valence-electron chi connectivity index (χ1n) is 14.6. The highest BCUT2D eigenvalue weighted by atomic mass is 35.5. The fraction of sp³-hybridized carbons (Fsp3) is 0.333. The maximum absolute atomic E-state index is 12.2. The van der Waals surface area contributed by atoms with E-state index < -0.39 is 0 Å². The minimum atomic E-state index is -0.344. The number of benzene rings is 3. The van der Waals surface area contributed by atoms with Crippen LogP contribution in [0.1, 0.15) is 28.4 Å². The molecule has 43 heavy (non-hydrogen) atoms. The summed E-state index contributed by atoms with van der Waals surface area (Å²) in [6, 6.07) is 19.4. The number of rotatable bonds is 8. The Bertz CT molecular complexity index is 1800. The fourth-order valence-electron chi connectivity index (χ4n) is 5.96. The van der Waals surface area contributed by atoms with Crippen LogP contribution < -0.4 is 0 Å². The van der Waals surface area contributed by atoms with Gasteiger partial charge >= 0.3 is 5.97 Å². The van der Waals surface area contributed by atoms with Crippen molar-refractivity contribution in [3.63, 3.8) is 0 Å². The molecule has 10 heteroatoms. The number of ether oxygens (including phenoxy) is 2. The molecule has 0 aliphatic carbocycles.